The molecule has 2 fully saturated rings. The summed E-state index contributed by atoms with van der Waals surface area (Å²) in [6, 6.07) is 9.85. The Kier molecular flexibility index (Phi) is 5.74. The van der Waals surface area contributed by atoms with Crippen LogP contribution in [-0.2, 0) is 4.79 Å². The quantitative estimate of drug-likeness (QED) is 0.781. The molecule has 1 aromatic carbocycles. The zero-order chi connectivity index (χ0) is 18.5. The van der Waals surface area contributed by atoms with Gasteiger partial charge in [0.05, 0.1) is 12.6 Å². The van der Waals surface area contributed by atoms with E-state index < -0.39 is 0 Å². The molecule has 3 amide bonds. The van der Waals surface area contributed by atoms with Gasteiger partial charge < -0.3 is 15.1 Å². The molecule has 2 heterocycles. The summed E-state index contributed by atoms with van der Waals surface area (Å²) in [5.74, 6) is -0.0388. The minimum absolute atomic E-state index is 0.00562. The molecule has 1 N–H and O–H groups in total. The number of carbonyl (C=O) groups is 2. The van der Waals surface area contributed by atoms with Gasteiger partial charge in [-0.1, -0.05) is 17.7 Å². The van der Waals surface area contributed by atoms with E-state index in [0.717, 1.165) is 18.5 Å². The van der Waals surface area contributed by atoms with Crippen LogP contribution in [0, 0.1) is 18.3 Å². The predicted octanol–water partition coefficient (Wildman–Crippen LogP) is 1.34. The fourth-order valence-corrected chi connectivity index (χ4v) is 3.46. The topological polar surface area (TPSA) is 79.7 Å². The van der Waals surface area contributed by atoms with Gasteiger partial charge in [-0.25, -0.2) is 4.79 Å². The first-order valence-corrected chi connectivity index (χ1v) is 9.13. The van der Waals surface area contributed by atoms with Crippen molar-refractivity contribution in [1.82, 2.24) is 15.1 Å². The third-order valence-electron chi connectivity index (χ3n) is 5.00. The molecule has 2 saturated heterocycles. The lowest BCUT2D eigenvalue weighted by molar-refractivity contribution is -0.130. The number of benzene rings is 1. The lowest BCUT2D eigenvalue weighted by atomic mass is 10.2. The van der Waals surface area contributed by atoms with E-state index in [9.17, 15) is 9.59 Å². The average Bonchev–Trinajstić information content (AvgIpc) is 3.26. The summed E-state index contributed by atoms with van der Waals surface area (Å²) in [5.41, 5.74) is 2.09. The Hall–Kier alpha value is -2.59. The van der Waals surface area contributed by atoms with Crippen molar-refractivity contribution in [2.45, 2.75) is 25.8 Å². The number of nitriles is 1. The van der Waals surface area contributed by atoms with Crippen molar-refractivity contribution in [3.8, 4) is 6.07 Å². The zero-order valence-electron chi connectivity index (χ0n) is 15.1. The predicted molar refractivity (Wildman–Crippen MR) is 98.7 cm³/mol. The van der Waals surface area contributed by atoms with Crippen LogP contribution < -0.4 is 10.2 Å². The van der Waals surface area contributed by atoms with Crippen LogP contribution in [0.5, 0.6) is 0 Å². The number of anilines is 1. The van der Waals surface area contributed by atoms with Gasteiger partial charge in [0.2, 0.25) is 5.91 Å². The summed E-state index contributed by atoms with van der Waals surface area (Å²) in [7, 11) is 0. The SMILES string of the molecule is Cc1ccc(N2CCN(CCNCC(=O)N3CCCC3C#N)C2=O)cc1. The molecule has 0 spiro atoms. The van der Waals surface area contributed by atoms with Gasteiger partial charge in [0.15, 0.2) is 0 Å². The van der Waals surface area contributed by atoms with Crippen molar-refractivity contribution in [3.05, 3.63) is 29.8 Å². The van der Waals surface area contributed by atoms with E-state index in [-0.39, 0.29) is 24.5 Å². The smallest absolute Gasteiger partial charge is 0.324 e. The third kappa shape index (κ3) is 3.97. The van der Waals surface area contributed by atoms with Crippen LogP contribution in [0.2, 0.25) is 0 Å². The van der Waals surface area contributed by atoms with Crippen LogP contribution in [0.15, 0.2) is 24.3 Å². The zero-order valence-corrected chi connectivity index (χ0v) is 15.1. The molecule has 26 heavy (non-hydrogen) atoms. The summed E-state index contributed by atoms with van der Waals surface area (Å²) >= 11 is 0. The Labute approximate surface area is 154 Å². The second-order valence-electron chi connectivity index (χ2n) is 6.81. The van der Waals surface area contributed by atoms with Crippen LogP contribution in [0.1, 0.15) is 18.4 Å². The summed E-state index contributed by atoms with van der Waals surface area (Å²) in [6.45, 7) is 5.39. The number of aryl methyl sites for hydroxylation is 1. The molecule has 3 rings (SSSR count). The molecule has 1 unspecified atom stereocenters. The largest absolute Gasteiger partial charge is 0.326 e. The minimum Gasteiger partial charge on any atom is -0.326 e. The number of likely N-dealkylation sites (tertiary alicyclic amines) is 1. The molecule has 138 valence electrons. The van der Waals surface area contributed by atoms with Crippen molar-refractivity contribution in [2.24, 2.45) is 0 Å². The monoisotopic (exact) mass is 355 g/mol. The van der Waals surface area contributed by atoms with Crippen LogP contribution in [0.25, 0.3) is 0 Å². The number of nitrogens with one attached hydrogen (secondary N) is 1. The molecule has 2 aliphatic heterocycles. The molecule has 0 radical (unpaired) electrons. The van der Waals surface area contributed by atoms with E-state index >= 15 is 0 Å². The van der Waals surface area contributed by atoms with Crippen LogP contribution >= 0.6 is 0 Å². The molecular formula is C19H25N5O2. The van der Waals surface area contributed by atoms with Gasteiger partial charge in [-0.15, -0.1) is 0 Å². The highest BCUT2D eigenvalue weighted by atomic mass is 16.2. The molecule has 1 aromatic rings. The van der Waals surface area contributed by atoms with E-state index in [1.807, 2.05) is 31.2 Å². The van der Waals surface area contributed by atoms with Gasteiger partial charge in [-0.05, 0) is 31.9 Å². The number of hydrogen-bond acceptors (Lipinski definition) is 4. The Balaban J connectivity index is 1.42. The normalized spacial score (nSPS) is 19.9. The third-order valence-corrected chi connectivity index (χ3v) is 5.00. The number of hydrogen-bond donors (Lipinski definition) is 1. The summed E-state index contributed by atoms with van der Waals surface area (Å²) in [6.07, 6.45) is 1.65. The first-order valence-electron chi connectivity index (χ1n) is 9.13. The molecule has 7 heteroatoms. The number of carbonyl (C=O) groups excluding carboxylic acids is 2. The second-order valence-corrected chi connectivity index (χ2v) is 6.81. The molecule has 0 aliphatic carbocycles. The number of urea groups is 1. The highest BCUT2D eigenvalue weighted by Gasteiger charge is 2.30. The Morgan fingerprint density at radius 1 is 1.27 bits per heavy atom. The maximum Gasteiger partial charge on any atom is 0.324 e. The lowest BCUT2D eigenvalue weighted by Gasteiger charge is -2.21. The number of nitrogens with zero attached hydrogens (tertiary/aromatic N) is 4. The standard InChI is InChI=1S/C19H25N5O2/c1-15-4-6-16(7-5-15)24-12-11-22(19(24)26)10-8-21-14-18(25)23-9-2-3-17(23)13-20/h4-7,17,21H,2-3,8-12,14H2,1H3. The molecule has 0 saturated carbocycles. The van der Waals surface area contributed by atoms with Crippen molar-refractivity contribution < 1.29 is 9.59 Å². The lowest BCUT2D eigenvalue weighted by Crippen LogP contribution is -2.43. The minimum atomic E-state index is -0.285. The molecule has 0 aromatic heterocycles. The average molecular weight is 355 g/mol. The summed E-state index contributed by atoms with van der Waals surface area (Å²) in [4.78, 5) is 29.9. The Morgan fingerprint density at radius 2 is 2.04 bits per heavy atom. The van der Waals surface area contributed by atoms with Gasteiger partial charge in [-0.2, -0.15) is 5.26 Å². The van der Waals surface area contributed by atoms with E-state index in [1.165, 1.54) is 5.56 Å². The van der Waals surface area contributed by atoms with E-state index in [4.69, 9.17) is 5.26 Å². The molecule has 0 bridgehead atoms. The first kappa shape index (κ1) is 18.2. The summed E-state index contributed by atoms with van der Waals surface area (Å²) in [5, 5.41) is 12.2. The van der Waals surface area contributed by atoms with Crippen molar-refractivity contribution in [3.63, 3.8) is 0 Å². The maximum atomic E-state index is 12.5. The maximum absolute atomic E-state index is 12.5. The van der Waals surface area contributed by atoms with E-state index in [2.05, 4.69) is 11.4 Å². The highest BCUT2D eigenvalue weighted by Crippen LogP contribution is 2.20. The summed E-state index contributed by atoms with van der Waals surface area (Å²) < 4.78 is 0. The number of amides is 3. The van der Waals surface area contributed by atoms with Gasteiger partial charge in [0.1, 0.15) is 6.04 Å². The van der Waals surface area contributed by atoms with Gasteiger partial charge in [0, 0.05) is 38.4 Å². The second kappa shape index (κ2) is 8.19. The Bertz CT molecular complexity index is 697. The fourth-order valence-electron chi connectivity index (χ4n) is 3.46. The van der Waals surface area contributed by atoms with Gasteiger partial charge in [-0.3, -0.25) is 9.69 Å². The van der Waals surface area contributed by atoms with E-state index in [0.29, 0.717) is 32.7 Å². The van der Waals surface area contributed by atoms with Crippen LogP contribution in [-0.4, -0.2) is 67.0 Å². The molecular weight excluding hydrogens is 330 g/mol. The first-order chi connectivity index (χ1) is 12.6. The van der Waals surface area contributed by atoms with E-state index in [1.54, 1.807) is 14.7 Å². The van der Waals surface area contributed by atoms with Gasteiger partial charge >= 0.3 is 6.03 Å². The van der Waals surface area contributed by atoms with Crippen molar-refractivity contribution in [2.75, 3.05) is 44.2 Å². The van der Waals surface area contributed by atoms with Gasteiger partial charge in [0.25, 0.3) is 0 Å². The highest BCUT2D eigenvalue weighted by molar-refractivity contribution is 5.94. The molecule has 2 aliphatic rings. The van der Waals surface area contributed by atoms with Crippen molar-refractivity contribution in [1.29, 1.82) is 5.26 Å². The van der Waals surface area contributed by atoms with Crippen LogP contribution in [0.4, 0.5) is 10.5 Å². The van der Waals surface area contributed by atoms with Crippen LogP contribution in [0.3, 0.4) is 0 Å². The number of rotatable bonds is 6. The Morgan fingerprint density at radius 3 is 2.77 bits per heavy atom. The molecule has 7 nitrogen and oxygen atoms in total. The van der Waals surface area contributed by atoms with Crippen molar-refractivity contribution >= 4 is 17.6 Å². The fraction of sp³-hybridized carbons (Fsp3) is 0.526. The molecule has 1 atom stereocenters.